The Hall–Kier alpha value is -2.53. The van der Waals surface area contributed by atoms with E-state index < -0.39 is 0 Å². The van der Waals surface area contributed by atoms with Crippen molar-refractivity contribution in [1.82, 2.24) is 0 Å². The van der Waals surface area contributed by atoms with E-state index in [1.165, 1.54) is 16.7 Å². The maximum atomic E-state index is 12.4. The standard InChI is InChI=1S/C22H22O2/c1-4-13-22(15-21(23)24-6-3)19-10-8-7-9-17(19)18-12-11-16(5-2)14-20(18)22/h2,7-12,14H,4,6,13,15H2,1,3H3. The van der Waals surface area contributed by atoms with E-state index in [0.717, 1.165) is 24.0 Å². The van der Waals surface area contributed by atoms with Crippen molar-refractivity contribution in [2.45, 2.75) is 38.5 Å². The number of esters is 1. The van der Waals surface area contributed by atoms with E-state index >= 15 is 0 Å². The van der Waals surface area contributed by atoms with Gasteiger partial charge in [0.1, 0.15) is 0 Å². The molecule has 122 valence electrons. The van der Waals surface area contributed by atoms with Crippen molar-refractivity contribution in [2.75, 3.05) is 6.61 Å². The zero-order valence-electron chi connectivity index (χ0n) is 14.3. The molecule has 24 heavy (non-hydrogen) atoms. The van der Waals surface area contributed by atoms with Crippen molar-refractivity contribution < 1.29 is 9.53 Å². The number of carbonyl (C=O) groups excluding carboxylic acids is 1. The summed E-state index contributed by atoms with van der Waals surface area (Å²) in [4.78, 5) is 12.4. The lowest BCUT2D eigenvalue weighted by molar-refractivity contribution is -0.144. The largest absolute Gasteiger partial charge is 0.466 e. The van der Waals surface area contributed by atoms with Crippen molar-refractivity contribution in [3.63, 3.8) is 0 Å². The van der Waals surface area contributed by atoms with Gasteiger partial charge < -0.3 is 4.74 Å². The maximum Gasteiger partial charge on any atom is 0.307 e. The van der Waals surface area contributed by atoms with Gasteiger partial charge in [-0.05, 0) is 47.7 Å². The second-order valence-electron chi connectivity index (χ2n) is 6.26. The van der Waals surface area contributed by atoms with Gasteiger partial charge in [0.15, 0.2) is 0 Å². The highest BCUT2D eigenvalue weighted by atomic mass is 16.5. The molecule has 0 radical (unpaired) electrons. The third-order valence-electron chi connectivity index (χ3n) is 4.86. The van der Waals surface area contributed by atoms with E-state index in [1.807, 2.05) is 25.1 Å². The van der Waals surface area contributed by atoms with Gasteiger partial charge in [-0.1, -0.05) is 49.6 Å². The highest BCUT2D eigenvalue weighted by Gasteiger charge is 2.44. The van der Waals surface area contributed by atoms with Crippen LogP contribution in [0.1, 0.15) is 49.8 Å². The van der Waals surface area contributed by atoms with Crippen LogP contribution >= 0.6 is 0 Å². The summed E-state index contributed by atoms with van der Waals surface area (Å²) in [5.74, 6) is 2.57. The van der Waals surface area contributed by atoms with Gasteiger partial charge in [0.25, 0.3) is 0 Å². The zero-order valence-corrected chi connectivity index (χ0v) is 14.3. The summed E-state index contributed by atoms with van der Waals surface area (Å²) in [5.41, 5.74) is 5.26. The van der Waals surface area contributed by atoms with Crippen LogP contribution in [0.5, 0.6) is 0 Å². The quantitative estimate of drug-likeness (QED) is 0.590. The van der Waals surface area contributed by atoms with Gasteiger partial charge >= 0.3 is 5.97 Å². The van der Waals surface area contributed by atoms with Crippen molar-refractivity contribution in [1.29, 1.82) is 0 Å². The monoisotopic (exact) mass is 318 g/mol. The molecule has 1 unspecified atom stereocenters. The van der Waals surface area contributed by atoms with Gasteiger partial charge in [0.05, 0.1) is 13.0 Å². The van der Waals surface area contributed by atoms with Gasteiger partial charge in [-0.3, -0.25) is 4.79 Å². The van der Waals surface area contributed by atoms with Gasteiger partial charge in [-0.25, -0.2) is 0 Å². The second kappa shape index (κ2) is 6.53. The average Bonchev–Trinajstić information content (AvgIpc) is 2.86. The minimum atomic E-state index is -0.347. The Labute approximate surface area is 143 Å². The Morgan fingerprint density at radius 1 is 1.12 bits per heavy atom. The number of benzene rings is 2. The summed E-state index contributed by atoms with van der Waals surface area (Å²) < 4.78 is 5.28. The first-order chi connectivity index (χ1) is 11.7. The first kappa shape index (κ1) is 16.3. The van der Waals surface area contributed by atoms with E-state index in [-0.39, 0.29) is 11.4 Å². The van der Waals surface area contributed by atoms with Crippen LogP contribution in [-0.4, -0.2) is 12.6 Å². The fourth-order valence-corrected chi connectivity index (χ4v) is 3.98. The van der Waals surface area contributed by atoms with E-state index in [2.05, 4.69) is 37.1 Å². The van der Waals surface area contributed by atoms with Crippen LogP contribution in [0, 0.1) is 12.3 Å². The van der Waals surface area contributed by atoms with Crippen LogP contribution < -0.4 is 0 Å². The van der Waals surface area contributed by atoms with Crippen LogP contribution in [0.3, 0.4) is 0 Å². The van der Waals surface area contributed by atoms with Crippen LogP contribution in [0.4, 0.5) is 0 Å². The molecule has 0 saturated carbocycles. The summed E-state index contributed by atoms with van der Waals surface area (Å²) in [5, 5.41) is 0. The Balaban J connectivity index is 2.23. The molecule has 0 saturated heterocycles. The van der Waals surface area contributed by atoms with E-state index in [4.69, 9.17) is 11.2 Å². The third-order valence-corrected chi connectivity index (χ3v) is 4.86. The molecule has 0 aromatic heterocycles. The molecule has 0 bridgehead atoms. The number of rotatable bonds is 5. The molecule has 2 nitrogen and oxygen atoms in total. The summed E-state index contributed by atoms with van der Waals surface area (Å²) in [6, 6.07) is 14.5. The molecule has 0 aliphatic heterocycles. The lowest BCUT2D eigenvalue weighted by Crippen LogP contribution is -2.29. The van der Waals surface area contributed by atoms with E-state index in [0.29, 0.717) is 13.0 Å². The van der Waals surface area contributed by atoms with Gasteiger partial charge in [-0.15, -0.1) is 6.42 Å². The van der Waals surface area contributed by atoms with Gasteiger partial charge in [0, 0.05) is 11.0 Å². The molecular weight excluding hydrogens is 296 g/mol. The highest BCUT2D eigenvalue weighted by molar-refractivity contribution is 5.85. The smallest absolute Gasteiger partial charge is 0.307 e. The molecule has 0 spiro atoms. The van der Waals surface area contributed by atoms with Gasteiger partial charge in [-0.2, -0.15) is 0 Å². The van der Waals surface area contributed by atoms with E-state index in [9.17, 15) is 4.79 Å². The minimum absolute atomic E-state index is 0.153. The van der Waals surface area contributed by atoms with E-state index in [1.54, 1.807) is 0 Å². The Bertz CT molecular complexity index is 813. The van der Waals surface area contributed by atoms with Crippen LogP contribution in [-0.2, 0) is 14.9 Å². The van der Waals surface area contributed by atoms with Crippen molar-refractivity contribution >= 4 is 5.97 Å². The molecular formula is C22H22O2. The van der Waals surface area contributed by atoms with Crippen molar-refractivity contribution in [3.05, 3.63) is 59.2 Å². The lowest BCUT2D eigenvalue weighted by Gasteiger charge is -2.31. The lowest BCUT2D eigenvalue weighted by atomic mass is 9.72. The number of hydrogen-bond acceptors (Lipinski definition) is 2. The Kier molecular flexibility index (Phi) is 4.44. The first-order valence-corrected chi connectivity index (χ1v) is 8.53. The van der Waals surface area contributed by atoms with Gasteiger partial charge in [0.2, 0.25) is 0 Å². The molecule has 1 aliphatic carbocycles. The molecule has 1 atom stereocenters. The van der Waals surface area contributed by atoms with Crippen LogP contribution in [0.15, 0.2) is 42.5 Å². The third kappa shape index (κ3) is 2.51. The normalized spacial score (nSPS) is 17.7. The molecule has 3 rings (SSSR count). The Morgan fingerprint density at radius 2 is 1.88 bits per heavy atom. The average molecular weight is 318 g/mol. The highest BCUT2D eigenvalue weighted by Crippen LogP contribution is 2.53. The molecule has 0 heterocycles. The fourth-order valence-electron chi connectivity index (χ4n) is 3.98. The second-order valence-corrected chi connectivity index (χ2v) is 6.26. The molecule has 2 heteroatoms. The molecule has 0 N–H and O–H groups in total. The number of ether oxygens (including phenoxy) is 1. The summed E-state index contributed by atoms with van der Waals surface area (Å²) in [6.07, 6.45) is 7.85. The van der Waals surface area contributed by atoms with Crippen molar-refractivity contribution in [2.24, 2.45) is 0 Å². The zero-order chi connectivity index (χ0) is 17.2. The number of carbonyl (C=O) groups is 1. The summed E-state index contributed by atoms with van der Waals surface area (Å²) in [7, 11) is 0. The summed E-state index contributed by atoms with van der Waals surface area (Å²) in [6.45, 7) is 4.40. The summed E-state index contributed by atoms with van der Waals surface area (Å²) >= 11 is 0. The Morgan fingerprint density at radius 3 is 2.58 bits per heavy atom. The minimum Gasteiger partial charge on any atom is -0.466 e. The SMILES string of the molecule is C#Cc1ccc2c(c1)C(CCC)(CC(=O)OCC)c1ccccc1-2. The molecule has 0 fully saturated rings. The number of terminal acetylenes is 1. The molecule has 1 aliphatic rings. The first-order valence-electron chi connectivity index (χ1n) is 8.53. The topological polar surface area (TPSA) is 26.3 Å². The molecule has 2 aromatic carbocycles. The number of hydrogen-bond donors (Lipinski definition) is 0. The fraction of sp³-hybridized carbons (Fsp3) is 0.318. The van der Waals surface area contributed by atoms with Crippen molar-refractivity contribution in [3.8, 4) is 23.5 Å². The predicted octanol–water partition coefficient (Wildman–Crippen LogP) is 4.69. The molecule has 2 aromatic rings. The number of fused-ring (bicyclic) bond motifs is 3. The molecule has 0 amide bonds. The maximum absolute atomic E-state index is 12.4. The van der Waals surface area contributed by atoms with Crippen LogP contribution in [0.2, 0.25) is 0 Å². The van der Waals surface area contributed by atoms with Crippen LogP contribution in [0.25, 0.3) is 11.1 Å². The predicted molar refractivity (Wildman–Crippen MR) is 96.8 cm³/mol.